The summed E-state index contributed by atoms with van der Waals surface area (Å²) in [5, 5.41) is 3.61. The van der Waals surface area contributed by atoms with Gasteiger partial charge in [0.2, 0.25) is 0 Å². The predicted octanol–water partition coefficient (Wildman–Crippen LogP) is 3.69. The van der Waals surface area contributed by atoms with E-state index in [1.807, 2.05) is 0 Å². The van der Waals surface area contributed by atoms with E-state index in [0.717, 1.165) is 4.88 Å². The normalized spacial score (nSPS) is 10.9. The van der Waals surface area contributed by atoms with Crippen molar-refractivity contribution in [2.24, 2.45) is 0 Å². The van der Waals surface area contributed by atoms with Crippen molar-refractivity contribution in [3.05, 3.63) is 45.4 Å². The van der Waals surface area contributed by atoms with E-state index in [2.05, 4.69) is 15.0 Å². The first kappa shape index (κ1) is 14.2. The molecule has 0 saturated carbocycles. The van der Waals surface area contributed by atoms with Crippen LogP contribution in [0.3, 0.4) is 0 Å². The van der Waals surface area contributed by atoms with E-state index in [1.165, 1.54) is 23.5 Å². The predicted molar refractivity (Wildman–Crippen MR) is 70.7 cm³/mol. The van der Waals surface area contributed by atoms with Gasteiger partial charge in [-0.25, -0.2) is 0 Å². The first-order chi connectivity index (χ1) is 9.15. The summed E-state index contributed by atoms with van der Waals surface area (Å²) in [5.41, 5.74) is 2.33. The van der Waals surface area contributed by atoms with Gasteiger partial charge in [0.15, 0.2) is 0 Å². The number of aromatic nitrogens is 1. The van der Waals surface area contributed by atoms with Crippen molar-refractivity contribution < 1.29 is 13.5 Å². The summed E-state index contributed by atoms with van der Waals surface area (Å²) in [5.74, 6) is 0.135. The number of benzene rings is 1. The zero-order valence-electron chi connectivity index (χ0n) is 9.78. The molecule has 0 saturated heterocycles. The number of alkyl halides is 2. The van der Waals surface area contributed by atoms with Gasteiger partial charge in [-0.1, -0.05) is 11.6 Å². The summed E-state index contributed by atoms with van der Waals surface area (Å²) < 4.78 is 29.0. The topological polar surface area (TPSA) is 34.1 Å². The van der Waals surface area contributed by atoms with Crippen molar-refractivity contribution in [1.29, 1.82) is 0 Å². The molecule has 0 spiro atoms. The Morgan fingerprint density at radius 1 is 1.37 bits per heavy atom. The molecule has 0 atom stereocenters. The Hall–Kier alpha value is -1.24. The van der Waals surface area contributed by atoms with Gasteiger partial charge in [0.05, 0.1) is 5.51 Å². The van der Waals surface area contributed by atoms with E-state index >= 15 is 0 Å². The minimum absolute atomic E-state index is 0.135. The number of halogens is 3. The maximum atomic E-state index is 12.3. The molecule has 7 heteroatoms. The second kappa shape index (κ2) is 6.79. The molecule has 0 aliphatic heterocycles. The number of hydrogen-bond acceptors (Lipinski definition) is 4. The summed E-state index contributed by atoms with van der Waals surface area (Å²) in [6, 6.07) is 4.57. The zero-order chi connectivity index (χ0) is 13.7. The van der Waals surface area contributed by atoms with E-state index in [-0.39, 0.29) is 5.75 Å². The van der Waals surface area contributed by atoms with E-state index in [9.17, 15) is 8.78 Å². The molecule has 0 radical (unpaired) electrons. The fourth-order valence-corrected chi connectivity index (χ4v) is 2.31. The third kappa shape index (κ3) is 4.41. The Kier molecular flexibility index (Phi) is 5.07. The fourth-order valence-electron chi connectivity index (χ4n) is 1.55. The van der Waals surface area contributed by atoms with Gasteiger partial charge in [0.1, 0.15) is 5.75 Å². The number of thiazole rings is 1. The summed E-state index contributed by atoms with van der Waals surface area (Å²) in [6.07, 6.45) is 1.76. The van der Waals surface area contributed by atoms with Crippen molar-refractivity contribution in [2.75, 3.05) is 0 Å². The Balaban J connectivity index is 1.99. The molecule has 3 nitrogen and oxygen atoms in total. The molecule has 1 N–H and O–H groups in total. The molecular formula is C12H11ClF2N2OS. The molecule has 1 heterocycles. The average molecular weight is 305 g/mol. The SMILES string of the molecule is FC(F)Oc1ccc(Cl)cc1CNCc1cncs1. The maximum absolute atomic E-state index is 12.3. The van der Waals surface area contributed by atoms with Gasteiger partial charge in [-0.2, -0.15) is 8.78 Å². The van der Waals surface area contributed by atoms with E-state index < -0.39 is 6.61 Å². The highest BCUT2D eigenvalue weighted by Crippen LogP contribution is 2.24. The molecule has 102 valence electrons. The average Bonchev–Trinajstić information content (AvgIpc) is 2.85. The van der Waals surface area contributed by atoms with Gasteiger partial charge in [-0.15, -0.1) is 11.3 Å². The molecule has 2 rings (SSSR count). The largest absolute Gasteiger partial charge is 0.434 e. The number of nitrogens with zero attached hydrogens (tertiary/aromatic N) is 1. The Bertz CT molecular complexity index is 522. The molecule has 0 unspecified atom stereocenters. The van der Waals surface area contributed by atoms with Crippen LogP contribution in [0.25, 0.3) is 0 Å². The molecule has 19 heavy (non-hydrogen) atoms. The third-order valence-corrected chi connectivity index (χ3v) is 3.35. The molecular weight excluding hydrogens is 294 g/mol. The third-order valence-electron chi connectivity index (χ3n) is 2.34. The molecule has 0 bridgehead atoms. The van der Waals surface area contributed by atoms with E-state index in [4.69, 9.17) is 11.6 Å². The molecule has 0 aliphatic carbocycles. The van der Waals surface area contributed by atoms with E-state index in [0.29, 0.717) is 23.7 Å². The van der Waals surface area contributed by atoms with Gasteiger partial charge < -0.3 is 10.1 Å². The highest BCUT2D eigenvalue weighted by Gasteiger charge is 2.10. The highest BCUT2D eigenvalue weighted by molar-refractivity contribution is 7.09. The number of ether oxygens (including phenoxy) is 1. The van der Waals surface area contributed by atoms with Crippen LogP contribution in [0.15, 0.2) is 29.9 Å². The van der Waals surface area contributed by atoms with Gasteiger partial charge in [0, 0.05) is 34.7 Å². The monoisotopic (exact) mass is 304 g/mol. The second-order valence-electron chi connectivity index (χ2n) is 3.70. The van der Waals surface area contributed by atoms with Crippen LogP contribution in [0.2, 0.25) is 5.02 Å². The summed E-state index contributed by atoms with van der Waals surface area (Å²) in [7, 11) is 0. The Morgan fingerprint density at radius 2 is 2.21 bits per heavy atom. The molecule has 1 aromatic heterocycles. The van der Waals surface area contributed by atoms with Gasteiger partial charge >= 0.3 is 6.61 Å². The van der Waals surface area contributed by atoms with Crippen LogP contribution in [0, 0.1) is 0 Å². The standard InChI is InChI=1S/C12H11ClF2N2OS/c13-9-1-2-11(18-12(14)15)8(3-9)4-16-5-10-6-17-7-19-10/h1-3,6-7,12,16H,4-5H2. The molecule has 0 amide bonds. The number of hydrogen-bond donors (Lipinski definition) is 1. The number of nitrogens with one attached hydrogen (secondary N) is 1. The molecule has 1 aromatic carbocycles. The lowest BCUT2D eigenvalue weighted by molar-refractivity contribution is -0.0505. The van der Waals surface area contributed by atoms with Crippen LogP contribution in [-0.2, 0) is 13.1 Å². The molecule has 0 aliphatic rings. The number of rotatable bonds is 6. The first-order valence-electron chi connectivity index (χ1n) is 5.46. The van der Waals surface area contributed by atoms with Crippen LogP contribution in [0.5, 0.6) is 5.75 Å². The smallest absolute Gasteiger partial charge is 0.387 e. The minimum atomic E-state index is -2.85. The Labute approximate surface area is 118 Å². The van der Waals surface area contributed by atoms with Gasteiger partial charge in [-0.3, -0.25) is 4.98 Å². The molecule has 0 fully saturated rings. The first-order valence-corrected chi connectivity index (χ1v) is 6.72. The second-order valence-corrected chi connectivity index (χ2v) is 5.11. The lowest BCUT2D eigenvalue weighted by atomic mass is 10.2. The maximum Gasteiger partial charge on any atom is 0.387 e. The van der Waals surface area contributed by atoms with Crippen molar-refractivity contribution in [2.45, 2.75) is 19.7 Å². The van der Waals surface area contributed by atoms with Crippen molar-refractivity contribution >= 4 is 22.9 Å². The van der Waals surface area contributed by atoms with Crippen LogP contribution < -0.4 is 10.1 Å². The van der Waals surface area contributed by atoms with Crippen LogP contribution in [0.1, 0.15) is 10.4 Å². The van der Waals surface area contributed by atoms with Gasteiger partial charge in [0.25, 0.3) is 0 Å². The highest BCUT2D eigenvalue weighted by atomic mass is 35.5. The fraction of sp³-hybridized carbons (Fsp3) is 0.250. The summed E-state index contributed by atoms with van der Waals surface area (Å²) >= 11 is 7.38. The van der Waals surface area contributed by atoms with Crippen LogP contribution in [0.4, 0.5) is 8.78 Å². The van der Waals surface area contributed by atoms with Crippen LogP contribution in [-0.4, -0.2) is 11.6 Å². The Morgan fingerprint density at radius 3 is 2.89 bits per heavy atom. The van der Waals surface area contributed by atoms with Crippen molar-refractivity contribution in [3.63, 3.8) is 0 Å². The van der Waals surface area contributed by atoms with Crippen molar-refractivity contribution in [3.8, 4) is 5.75 Å². The quantitative estimate of drug-likeness (QED) is 0.884. The lowest BCUT2D eigenvalue weighted by Crippen LogP contribution is -2.14. The zero-order valence-corrected chi connectivity index (χ0v) is 11.3. The van der Waals surface area contributed by atoms with Gasteiger partial charge in [-0.05, 0) is 18.2 Å². The lowest BCUT2D eigenvalue weighted by Gasteiger charge is -2.11. The summed E-state index contributed by atoms with van der Waals surface area (Å²) in [6.45, 7) is -1.84. The van der Waals surface area contributed by atoms with Crippen molar-refractivity contribution in [1.82, 2.24) is 10.3 Å². The molecule has 2 aromatic rings. The minimum Gasteiger partial charge on any atom is -0.434 e. The van der Waals surface area contributed by atoms with E-state index in [1.54, 1.807) is 17.8 Å². The van der Waals surface area contributed by atoms with Crippen LogP contribution >= 0.6 is 22.9 Å². The summed E-state index contributed by atoms with van der Waals surface area (Å²) in [4.78, 5) is 5.02.